The first kappa shape index (κ1) is 76.5. The summed E-state index contributed by atoms with van der Waals surface area (Å²) in [4.78, 5) is 37.8. The molecule has 0 saturated carbocycles. The Morgan fingerprint density at radius 1 is 0.456 bits per heavy atom. The van der Waals surface area contributed by atoms with Crippen LogP contribution in [0.5, 0.6) is 0 Å². The number of nitrogens with zero attached hydrogens (tertiary/aromatic N) is 1. The first-order valence-corrected chi connectivity index (χ1v) is 34.8. The molecule has 0 rings (SSSR count). The van der Waals surface area contributed by atoms with Gasteiger partial charge in [-0.2, -0.15) is 0 Å². The number of rotatable bonds is 60. The smallest absolute Gasteiger partial charge is 0.456 e. The van der Waals surface area contributed by atoms with Crippen LogP contribution >= 0.6 is 7.82 Å². The number of amides is 1. The highest BCUT2D eigenvalue weighted by molar-refractivity contribution is 7.47. The number of esters is 1. The van der Waals surface area contributed by atoms with Gasteiger partial charge in [-0.15, -0.1) is 0 Å². The van der Waals surface area contributed by atoms with Gasteiger partial charge in [-0.25, -0.2) is 4.57 Å². The molecule has 460 valence electrons. The number of quaternary nitrogens is 1. The highest BCUT2D eigenvalue weighted by Crippen LogP contribution is 2.43. The van der Waals surface area contributed by atoms with Gasteiger partial charge in [0.1, 0.15) is 19.3 Å². The van der Waals surface area contributed by atoms with E-state index in [0.717, 1.165) is 89.9 Å². The number of carbonyl (C=O) groups is 2. The summed E-state index contributed by atoms with van der Waals surface area (Å²) < 4.78 is 30.7. The zero-order valence-electron chi connectivity index (χ0n) is 52.6. The van der Waals surface area contributed by atoms with Gasteiger partial charge in [-0.05, 0) is 76.7 Å². The van der Waals surface area contributed by atoms with Crippen molar-refractivity contribution >= 4 is 19.7 Å². The van der Waals surface area contributed by atoms with Crippen molar-refractivity contribution in [2.24, 2.45) is 0 Å². The van der Waals surface area contributed by atoms with Gasteiger partial charge < -0.3 is 19.4 Å². The van der Waals surface area contributed by atoms with Gasteiger partial charge in [-0.3, -0.25) is 18.6 Å². The van der Waals surface area contributed by atoms with Crippen molar-refractivity contribution in [3.05, 3.63) is 72.9 Å². The van der Waals surface area contributed by atoms with E-state index in [9.17, 15) is 19.0 Å². The number of nitrogens with one attached hydrogen (secondary N) is 1. The van der Waals surface area contributed by atoms with Crippen molar-refractivity contribution in [3.8, 4) is 0 Å². The van der Waals surface area contributed by atoms with Gasteiger partial charge in [0.05, 0.1) is 33.8 Å². The highest BCUT2D eigenvalue weighted by Gasteiger charge is 2.30. The lowest BCUT2D eigenvalue weighted by molar-refractivity contribution is -0.870. The fraction of sp³-hybridized carbons (Fsp3) is 0.797. The molecule has 3 atom stereocenters. The third kappa shape index (κ3) is 59.9. The minimum Gasteiger partial charge on any atom is -0.456 e. The molecule has 0 heterocycles. The van der Waals surface area contributed by atoms with Crippen molar-refractivity contribution in [1.82, 2.24) is 5.32 Å². The van der Waals surface area contributed by atoms with Crippen LogP contribution in [0.2, 0.25) is 0 Å². The Morgan fingerprint density at radius 3 is 1.22 bits per heavy atom. The Balaban J connectivity index is 5.03. The third-order valence-electron chi connectivity index (χ3n) is 14.7. The standard InChI is InChI=1S/C69H127N2O7P/c1-7-10-13-16-19-22-25-27-29-30-31-32-33-34-35-36-37-38-39-40-42-44-47-50-53-56-59-62-69(73)78-67(60-57-54-51-48-45-24-21-18-15-12-9-3)66(65-77-79(74,75)76-64-63-71(4,5)6)70-68(72)61-58-55-52-49-46-43-41-28-26-23-20-17-14-11-8-2/h10,13,19,22,27,29,31-32,34-35,57,60,66-67H,7-9,11-12,14-18,20-21,23-26,28,30,33,36-56,58-59,61-65H2,1-6H3,(H-,70,72,74,75)/p+1/b13-10-,22-19-,29-27-,32-31-,35-34-,60-57-. The normalized spacial score (nSPS) is 14.1. The first-order valence-electron chi connectivity index (χ1n) is 33.3. The molecule has 0 aliphatic rings. The van der Waals surface area contributed by atoms with E-state index in [-0.39, 0.29) is 31.5 Å². The summed E-state index contributed by atoms with van der Waals surface area (Å²) in [6.45, 7) is 6.92. The van der Waals surface area contributed by atoms with E-state index in [2.05, 4.69) is 86.8 Å². The molecular weight excluding hydrogens is 1000 g/mol. The lowest BCUT2D eigenvalue weighted by Crippen LogP contribution is -2.47. The van der Waals surface area contributed by atoms with E-state index >= 15 is 0 Å². The Kier molecular flexibility index (Phi) is 56.7. The number of carbonyl (C=O) groups excluding carboxylic acids is 2. The van der Waals surface area contributed by atoms with Crippen molar-refractivity contribution in [2.45, 2.75) is 315 Å². The maximum Gasteiger partial charge on any atom is 0.472 e. The average Bonchev–Trinajstić information content (AvgIpc) is 3.41. The molecule has 2 N–H and O–H groups in total. The van der Waals surface area contributed by atoms with Crippen molar-refractivity contribution in [1.29, 1.82) is 0 Å². The van der Waals surface area contributed by atoms with Gasteiger partial charge in [-0.1, -0.05) is 287 Å². The van der Waals surface area contributed by atoms with Gasteiger partial charge in [0.25, 0.3) is 0 Å². The molecule has 10 heteroatoms. The lowest BCUT2D eigenvalue weighted by atomic mass is 10.0. The van der Waals surface area contributed by atoms with Gasteiger partial charge in [0, 0.05) is 12.8 Å². The summed E-state index contributed by atoms with van der Waals surface area (Å²) >= 11 is 0. The van der Waals surface area contributed by atoms with Crippen LogP contribution in [0.3, 0.4) is 0 Å². The number of likely N-dealkylation sites (N-methyl/N-ethyl adjacent to an activating group) is 1. The fourth-order valence-corrected chi connectivity index (χ4v) is 10.3. The largest absolute Gasteiger partial charge is 0.472 e. The monoisotopic (exact) mass is 1130 g/mol. The Bertz CT molecular complexity index is 1580. The molecule has 0 bridgehead atoms. The van der Waals surface area contributed by atoms with Gasteiger partial charge in [0.2, 0.25) is 5.91 Å². The van der Waals surface area contributed by atoms with Crippen molar-refractivity contribution < 1.29 is 37.3 Å². The van der Waals surface area contributed by atoms with E-state index < -0.39 is 20.0 Å². The van der Waals surface area contributed by atoms with E-state index in [0.29, 0.717) is 17.4 Å². The molecule has 79 heavy (non-hydrogen) atoms. The molecule has 0 spiro atoms. The number of phosphoric acid groups is 1. The molecule has 0 aliphatic carbocycles. The molecule has 1 amide bonds. The van der Waals surface area contributed by atoms with Gasteiger partial charge in [0.15, 0.2) is 0 Å². The summed E-state index contributed by atoms with van der Waals surface area (Å²) in [5.41, 5.74) is 0. The van der Waals surface area contributed by atoms with Crippen molar-refractivity contribution in [3.63, 3.8) is 0 Å². The van der Waals surface area contributed by atoms with E-state index in [1.165, 1.54) is 180 Å². The second-order valence-electron chi connectivity index (χ2n) is 23.6. The number of hydrogen-bond acceptors (Lipinski definition) is 6. The van der Waals surface area contributed by atoms with Gasteiger partial charge >= 0.3 is 13.8 Å². The highest BCUT2D eigenvalue weighted by atomic mass is 31.2. The summed E-state index contributed by atoms with van der Waals surface area (Å²) in [6, 6.07) is -0.849. The first-order chi connectivity index (χ1) is 38.4. The Hall–Kier alpha value is -2.55. The van der Waals surface area contributed by atoms with Crippen LogP contribution in [0.25, 0.3) is 0 Å². The molecule has 0 fully saturated rings. The fourth-order valence-electron chi connectivity index (χ4n) is 9.56. The van der Waals surface area contributed by atoms with E-state index in [1.54, 1.807) is 0 Å². The zero-order valence-corrected chi connectivity index (χ0v) is 53.5. The maximum absolute atomic E-state index is 13.5. The molecule has 0 aromatic rings. The van der Waals surface area contributed by atoms with Crippen LogP contribution < -0.4 is 5.32 Å². The topological polar surface area (TPSA) is 111 Å². The molecule has 9 nitrogen and oxygen atoms in total. The molecule has 0 saturated heterocycles. The Labute approximate surface area is 489 Å². The summed E-state index contributed by atoms with van der Waals surface area (Å²) in [6.07, 6.45) is 76.2. The number of unbranched alkanes of at least 4 members (excludes halogenated alkanes) is 34. The molecular formula is C69H128N2O7P+. The molecule has 0 radical (unpaired) electrons. The maximum atomic E-state index is 13.5. The van der Waals surface area contributed by atoms with Crippen molar-refractivity contribution in [2.75, 3.05) is 40.9 Å². The van der Waals surface area contributed by atoms with Crippen LogP contribution in [-0.2, 0) is 27.9 Å². The number of hydrogen-bond donors (Lipinski definition) is 2. The minimum atomic E-state index is -4.45. The predicted octanol–water partition coefficient (Wildman–Crippen LogP) is 20.8. The number of allylic oxidation sites excluding steroid dienone is 11. The second-order valence-corrected chi connectivity index (χ2v) is 25.1. The second kappa shape index (κ2) is 58.6. The summed E-state index contributed by atoms with van der Waals surface area (Å²) in [5.74, 6) is -0.500. The summed E-state index contributed by atoms with van der Waals surface area (Å²) in [5, 5.41) is 3.06. The van der Waals surface area contributed by atoms with Crippen LogP contribution in [-0.4, -0.2) is 74.3 Å². The van der Waals surface area contributed by atoms with Crippen LogP contribution in [0.1, 0.15) is 303 Å². The predicted molar refractivity (Wildman–Crippen MR) is 341 cm³/mol. The van der Waals surface area contributed by atoms with Crippen LogP contribution in [0, 0.1) is 0 Å². The van der Waals surface area contributed by atoms with Crippen LogP contribution in [0.15, 0.2) is 72.9 Å². The molecule has 0 aliphatic heterocycles. The number of phosphoric ester groups is 1. The third-order valence-corrected chi connectivity index (χ3v) is 15.6. The number of ether oxygens (including phenoxy) is 1. The average molecular weight is 1130 g/mol. The molecule has 0 aromatic carbocycles. The minimum absolute atomic E-state index is 0.0397. The van der Waals surface area contributed by atoms with E-state index in [4.69, 9.17) is 13.8 Å². The quantitative estimate of drug-likeness (QED) is 0.0205. The Morgan fingerprint density at radius 2 is 0.810 bits per heavy atom. The summed E-state index contributed by atoms with van der Waals surface area (Å²) in [7, 11) is 1.50. The molecule has 0 aromatic heterocycles. The molecule has 3 unspecified atom stereocenters. The lowest BCUT2D eigenvalue weighted by Gasteiger charge is -2.27. The van der Waals surface area contributed by atoms with E-state index in [1.807, 2.05) is 33.3 Å². The SMILES string of the molecule is CC/C=C\C/C=C\C/C=C\C/C=C\C/C=C\CCCCCCCCCCCCCC(=O)OC(/C=C\CCCCCCCCCCC)C(COP(=O)(O)OCC[N+](C)(C)C)NC(=O)CCCCCCCCCCCCCCCCC. The zero-order chi connectivity index (χ0) is 57.9. The van der Waals surface area contributed by atoms with Crippen LogP contribution in [0.4, 0.5) is 0 Å².